The monoisotopic (exact) mass is 394 g/mol. The zero-order valence-corrected chi connectivity index (χ0v) is 16.6. The van der Waals surface area contributed by atoms with Crippen molar-refractivity contribution in [2.75, 3.05) is 13.6 Å². The van der Waals surface area contributed by atoms with E-state index in [0.29, 0.717) is 6.54 Å². The van der Waals surface area contributed by atoms with Gasteiger partial charge in [-0.15, -0.1) is 0 Å². The number of rotatable bonds is 6. The molecule has 0 fully saturated rings. The Kier molecular flexibility index (Phi) is 6.07. The van der Waals surface area contributed by atoms with Crippen molar-refractivity contribution in [2.45, 2.75) is 20.4 Å². The van der Waals surface area contributed by atoms with E-state index in [2.05, 4.69) is 10.4 Å². The van der Waals surface area contributed by atoms with Crippen LogP contribution >= 0.6 is 0 Å². The average molecular weight is 394 g/mol. The van der Waals surface area contributed by atoms with Crippen molar-refractivity contribution < 1.29 is 14.0 Å². The molecule has 0 bridgehead atoms. The minimum absolute atomic E-state index is 0.170. The zero-order chi connectivity index (χ0) is 21.0. The van der Waals surface area contributed by atoms with Gasteiger partial charge in [0, 0.05) is 30.4 Å². The number of hydrogen-bond donors (Lipinski definition) is 1. The highest BCUT2D eigenvalue weighted by molar-refractivity contribution is 5.96. The first-order valence-electron chi connectivity index (χ1n) is 9.25. The summed E-state index contributed by atoms with van der Waals surface area (Å²) in [6, 6.07) is 15.1. The SMILES string of the molecule is Cc1nn(-c2ccccc2)c(C)c1CN(C)C(=O)CNC(=O)c1cccc(F)c1. The third-order valence-electron chi connectivity index (χ3n) is 4.75. The van der Waals surface area contributed by atoms with Crippen molar-refractivity contribution in [3.8, 4) is 5.69 Å². The smallest absolute Gasteiger partial charge is 0.251 e. The summed E-state index contributed by atoms with van der Waals surface area (Å²) in [7, 11) is 1.68. The Labute approximate surface area is 169 Å². The summed E-state index contributed by atoms with van der Waals surface area (Å²) >= 11 is 0. The molecule has 0 saturated heterocycles. The second-order valence-corrected chi connectivity index (χ2v) is 6.84. The highest BCUT2D eigenvalue weighted by atomic mass is 19.1. The quantitative estimate of drug-likeness (QED) is 0.699. The van der Waals surface area contributed by atoms with Gasteiger partial charge in [-0.3, -0.25) is 9.59 Å². The van der Waals surface area contributed by atoms with Gasteiger partial charge in [-0.25, -0.2) is 9.07 Å². The first kappa shape index (κ1) is 20.3. The lowest BCUT2D eigenvalue weighted by molar-refractivity contribution is -0.129. The maximum Gasteiger partial charge on any atom is 0.251 e. The molecule has 0 saturated carbocycles. The molecule has 0 spiro atoms. The van der Waals surface area contributed by atoms with E-state index in [4.69, 9.17) is 0 Å². The van der Waals surface area contributed by atoms with E-state index in [-0.39, 0.29) is 18.0 Å². The number of para-hydroxylation sites is 1. The highest BCUT2D eigenvalue weighted by Gasteiger charge is 2.18. The molecule has 0 unspecified atom stereocenters. The van der Waals surface area contributed by atoms with Crippen LogP contribution in [-0.2, 0) is 11.3 Å². The standard InChI is InChI=1S/C22H23FN4O2/c1-15-20(16(2)27(25-15)19-10-5-4-6-11-19)14-26(3)21(28)13-24-22(29)17-8-7-9-18(23)12-17/h4-12H,13-14H2,1-3H3,(H,24,29). The van der Waals surface area contributed by atoms with E-state index in [0.717, 1.165) is 28.7 Å². The minimum Gasteiger partial charge on any atom is -0.343 e. The van der Waals surface area contributed by atoms with Crippen LogP contribution in [0.3, 0.4) is 0 Å². The fourth-order valence-corrected chi connectivity index (χ4v) is 3.07. The molecule has 7 heteroatoms. The molecule has 0 aliphatic rings. The third kappa shape index (κ3) is 4.68. The topological polar surface area (TPSA) is 67.2 Å². The molecule has 1 heterocycles. The number of nitrogens with one attached hydrogen (secondary N) is 1. The fourth-order valence-electron chi connectivity index (χ4n) is 3.07. The van der Waals surface area contributed by atoms with Crippen molar-refractivity contribution in [3.05, 3.63) is 82.9 Å². The average Bonchev–Trinajstić information content (AvgIpc) is 3.00. The van der Waals surface area contributed by atoms with Crippen LogP contribution < -0.4 is 5.32 Å². The van der Waals surface area contributed by atoms with Crippen LogP contribution in [0.1, 0.15) is 27.3 Å². The molecule has 0 radical (unpaired) electrons. The zero-order valence-electron chi connectivity index (χ0n) is 16.6. The summed E-state index contributed by atoms with van der Waals surface area (Å²) in [5.41, 5.74) is 3.89. The number of halogens is 1. The number of likely N-dealkylation sites (N-methyl/N-ethyl adjacent to an activating group) is 1. The van der Waals surface area contributed by atoms with Gasteiger partial charge in [-0.1, -0.05) is 24.3 Å². The number of carbonyl (C=O) groups excluding carboxylic acids is 2. The molecular formula is C22H23FN4O2. The van der Waals surface area contributed by atoms with Crippen LogP contribution in [0.15, 0.2) is 54.6 Å². The van der Waals surface area contributed by atoms with Crippen molar-refractivity contribution in [1.29, 1.82) is 0 Å². The van der Waals surface area contributed by atoms with Gasteiger partial charge in [0.15, 0.2) is 0 Å². The van der Waals surface area contributed by atoms with Crippen molar-refractivity contribution in [2.24, 2.45) is 0 Å². The molecule has 150 valence electrons. The van der Waals surface area contributed by atoms with Crippen molar-refractivity contribution >= 4 is 11.8 Å². The summed E-state index contributed by atoms with van der Waals surface area (Å²) in [6.45, 7) is 4.08. The lowest BCUT2D eigenvalue weighted by Crippen LogP contribution is -2.38. The van der Waals surface area contributed by atoms with Gasteiger partial charge in [0.25, 0.3) is 5.91 Å². The normalized spacial score (nSPS) is 10.6. The lowest BCUT2D eigenvalue weighted by Gasteiger charge is -2.18. The third-order valence-corrected chi connectivity index (χ3v) is 4.75. The van der Waals surface area contributed by atoms with Gasteiger partial charge < -0.3 is 10.2 Å². The first-order chi connectivity index (χ1) is 13.9. The molecule has 0 aliphatic carbocycles. The Bertz CT molecular complexity index is 1030. The fraction of sp³-hybridized carbons (Fsp3) is 0.227. The Morgan fingerprint density at radius 3 is 2.52 bits per heavy atom. The summed E-state index contributed by atoms with van der Waals surface area (Å²) in [6.07, 6.45) is 0. The Balaban J connectivity index is 1.64. The maximum absolute atomic E-state index is 13.2. The summed E-state index contributed by atoms with van der Waals surface area (Å²) in [5.74, 6) is -1.24. The van der Waals surface area contributed by atoms with Crippen LogP contribution in [0.5, 0.6) is 0 Å². The lowest BCUT2D eigenvalue weighted by atomic mass is 10.2. The Morgan fingerprint density at radius 1 is 1.10 bits per heavy atom. The van der Waals surface area contributed by atoms with Gasteiger partial charge in [0.1, 0.15) is 5.82 Å². The number of nitrogens with zero attached hydrogens (tertiary/aromatic N) is 3. The molecule has 1 N–H and O–H groups in total. The maximum atomic E-state index is 13.2. The van der Waals surface area contributed by atoms with Gasteiger partial charge in [-0.2, -0.15) is 5.10 Å². The highest BCUT2D eigenvalue weighted by Crippen LogP contribution is 2.19. The molecular weight excluding hydrogens is 371 g/mol. The molecule has 6 nitrogen and oxygen atoms in total. The molecule has 3 rings (SSSR count). The number of hydrogen-bond acceptors (Lipinski definition) is 3. The minimum atomic E-state index is -0.498. The molecule has 3 aromatic rings. The second kappa shape index (κ2) is 8.68. The number of amides is 2. The molecule has 29 heavy (non-hydrogen) atoms. The van der Waals surface area contributed by atoms with E-state index in [1.807, 2.05) is 48.9 Å². The number of benzene rings is 2. The number of aromatic nitrogens is 2. The first-order valence-corrected chi connectivity index (χ1v) is 9.25. The van der Waals surface area contributed by atoms with E-state index >= 15 is 0 Å². The molecule has 2 amide bonds. The van der Waals surface area contributed by atoms with Crippen LogP contribution in [0.25, 0.3) is 5.69 Å². The summed E-state index contributed by atoms with van der Waals surface area (Å²) in [4.78, 5) is 26.1. The van der Waals surface area contributed by atoms with Crippen molar-refractivity contribution in [1.82, 2.24) is 20.0 Å². The summed E-state index contributed by atoms with van der Waals surface area (Å²) < 4.78 is 15.1. The molecule has 0 atom stereocenters. The van der Waals surface area contributed by atoms with Gasteiger partial charge in [0.2, 0.25) is 5.91 Å². The largest absolute Gasteiger partial charge is 0.343 e. The molecule has 2 aromatic carbocycles. The second-order valence-electron chi connectivity index (χ2n) is 6.84. The van der Waals surface area contributed by atoms with Crippen LogP contribution in [0.4, 0.5) is 4.39 Å². The molecule has 1 aromatic heterocycles. The van der Waals surface area contributed by atoms with E-state index in [1.54, 1.807) is 7.05 Å². The van der Waals surface area contributed by atoms with E-state index in [1.165, 1.54) is 23.1 Å². The summed E-state index contributed by atoms with van der Waals surface area (Å²) in [5, 5.41) is 7.12. The van der Waals surface area contributed by atoms with Crippen LogP contribution in [0.2, 0.25) is 0 Å². The number of aryl methyl sites for hydroxylation is 1. The van der Waals surface area contributed by atoms with Gasteiger partial charge >= 0.3 is 0 Å². The Hall–Kier alpha value is -3.48. The van der Waals surface area contributed by atoms with E-state index in [9.17, 15) is 14.0 Å². The number of carbonyl (C=O) groups is 2. The molecule has 0 aliphatic heterocycles. The Morgan fingerprint density at radius 2 is 1.83 bits per heavy atom. The predicted octanol–water partition coefficient (Wildman–Crippen LogP) is 3.02. The van der Waals surface area contributed by atoms with Gasteiger partial charge in [-0.05, 0) is 44.2 Å². The van der Waals surface area contributed by atoms with Crippen LogP contribution in [0, 0.1) is 19.7 Å². The predicted molar refractivity (Wildman–Crippen MR) is 108 cm³/mol. The van der Waals surface area contributed by atoms with E-state index < -0.39 is 11.7 Å². The van der Waals surface area contributed by atoms with Crippen molar-refractivity contribution in [3.63, 3.8) is 0 Å². The van der Waals surface area contributed by atoms with Crippen LogP contribution in [-0.4, -0.2) is 40.1 Å². The van der Waals surface area contributed by atoms with Gasteiger partial charge in [0.05, 0.1) is 17.9 Å².